The molecule has 12 heavy (non-hydrogen) atoms. The smallest absolute Gasteiger partial charge is 0.140 e. The summed E-state index contributed by atoms with van der Waals surface area (Å²) in [5, 5.41) is 0. The second-order valence-electron chi connectivity index (χ2n) is 3.26. The van der Waals surface area contributed by atoms with Crippen molar-refractivity contribution in [1.29, 1.82) is 0 Å². The maximum atomic E-state index is 5.54. The highest BCUT2D eigenvalue weighted by Crippen LogP contribution is 2.17. The fourth-order valence-corrected chi connectivity index (χ4v) is 1.06. The molecule has 0 aliphatic heterocycles. The molecular formula is C10H15NO. The van der Waals surface area contributed by atoms with E-state index in [9.17, 15) is 0 Å². The van der Waals surface area contributed by atoms with Gasteiger partial charge in [-0.05, 0) is 39.3 Å². The average molecular weight is 165 g/mol. The number of hydrogen-bond acceptors (Lipinski definition) is 2. The van der Waals surface area contributed by atoms with Gasteiger partial charge >= 0.3 is 0 Å². The minimum Gasteiger partial charge on any atom is -0.489 e. The van der Waals surface area contributed by atoms with E-state index in [-0.39, 0.29) is 6.10 Å². The van der Waals surface area contributed by atoms with Crippen LogP contribution in [0.2, 0.25) is 0 Å². The highest BCUT2D eigenvalue weighted by Gasteiger charge is 2.01. The Morgan fingerprint density at radius 1 is 1.33 bits per heavy atom. The molecule has 0 N–H and O–H groups in total. The van der Waals surface area contributed by atoms with E-state index >= 15 is 0 Å². The number of pyridine rings is 1. The van der Waals surface area contributed by atoms with Crippen molar-refractivity contribution in [2.24, 2.45) is 0 Å². The van der Waals surface area contributed by atoms with Crippen molar-refractivity contribution in [1.82, 2.24) is 4.98 Å². The molecule has 2 nitrogen and oxygen atoms in total. The van der Waals surface area contributed by atoms with Crippen molar-refractivity contribution in [2.75, 3.05) is 0 Å². The molecule has 1 aromatic rings. The van der Waals surface area contributed by atoms with Gasteiger partial charge in [0.15, 0.2) is 0 Å². The first-order valence-electron chi connectivity index (χ1n) is 4.19. The van der Waals surface area contributed by atoms with Crippen LogP contribution in [0.15, 0.2) is 12.3 Å². The molecule has 0 spiro atoms. The molecule has 0 aliphatic carbocycles. The standard InChI is InChI=1S/C10H15NO/c1-7(2)12-10-6-11-9(4)5-8(10)3/h5-7H,1-4H3. The first-order chi connectivity index (χ1) is 5.59. The molecule has 1 heterocycles. The van der Waals surface area contributed by atoms with E-state index in [1.807, 2.05) is 33.8 Å². The summed E-state index contributed by atoms with van der Waals surface area (Å²) in [7, 11) is 0. The number of hydrogen-bond donors (Lipinski definition) is 0. The molecule has 0 saturated carbocycles. The van der Waals surface area contributed by atoms with E-state index in [1.165, 1.54) is 0 Å². The number of ether oxygens (including phenoxy) is 1. The SMILES string of the molecule is Cc1cc(C)c(OC(C)C)cn1. The van der Waals surface area contributed by atoms with E-state index in [0.29, 0.717) is 0 Å². The van der Waals surface area contributed by atoms with Crippen molar-refractivity contribution in [3.63, 3.8) is 0 Å². The Morgan fingerprint density at radius 2 is 2.00 bits per heavy atom. The summed E-state index contributed by atoms with van der Waals surface area (Å²) < 4.78 is 5.54. The van der Waals surface area contributed by atoms with E-state index in [0.717, 1.165) is 17.0 Å². The molecule has 0 radical (unpaired) electrons. The predicted molar refractivity (Wildman–Crippen MR) is 49.5 cm³/mol. The Labute approximate surface area is 73.6 Å². The zero-order valence-corrected chi connectivity index (χ0v) is 8.09. The molecule has 0 unspecified atom stereocenters. The van der Waals surface area contributed by atoms with Crippen molar-refractivity contribution in [3.05, 3.63) is 23.5 Å². The van der Waals surface area contributed by atoms with Crippen molar-refractivity contribution < 1.29 is 4.74 Å². The van der Waals surface area contributed by atoms with Crippen molar-refractivity contribution >= 4 is 0 Å². The highest BCUT2D eigenvalue weighted by molar-refractivity contribution is 5.30. The largest absolute Gasteiger partial charge is 0.489 e. The molecule has 0 amide bonds. The predicted octanol–water partition coefficient (Wildman–Crippen LogP) is 2.49. The lowest BCUT2D eigenvalue weighted by Crippen LogP contribution is -2.07. The molecule has 0 aromatic carbocycles. The zero-order chi connectivity index (χ0) is 9.14. The van der Waals surface area contributed by atoms with E-state index in [1.54, 1.807) is 6.20 Å². The fraction of sp³-hybridized carbons (Fsp3) is 0.500. The second-order valence-corrected chi connectivity index (χ2v) is 3.26. The van der Waals surface area contributed by atoms with Gasteiger partial charge in [0.25, 0.3) is 0 Å². The average Bonchev–Trinajstić information content (AvgIpc) is 1.94. The van der Waals surface area contributed by atoms with Crippen LogP contribution in [-0.2, 0) is 0 Å². The van der Waals surface area contributed by atoms with Crippen LogP contribution in [0.25, 0.3) is 0 Å². The van der Waals surface area contributed by atoms with Gasteiger partial charge in [0.1, 0.15) is 5.75 Å². The topological polar surface area (TPSA) is 22.1 Å². The van der Waals surface area contributed by atoms with E-state index < -0.39 is 0 Å². The van der Waals surface area contributed by atoms with Crippen molar-refractivity contribution in [3.8, 4) is 5.75 Å². The Hall–Kier alpha value is -1.05. The molecule has 0 atom stereocenters. The van der Waals surface area contributed by atoms with Crippen LogP contribution < -0.4 is 4.74 Å². The van der Waals surface area contributed by atoms with Crippen LogP contribution in [0.4, 0.5) is 0 Å². The summed E-state index contributed by atoms with van der Waals surface area (Å²) in [4.78, 5) is 4.17. The van der Waals surface area contributed by atoms with Gasteiger partial charge in [-0.1, -0.05) is 0 Å². The number of aryl methyl sites for hydroxylation is 2. The molecular weight excluding hydrogens is 150 g/mol. The number of aromatic nitrogens is 1. The van der Waals surface area contributed by atoms with Crippen LogP contribution in [0, 0.1) is 13.8 Å². The molecule has 0 fully saturated rings. The molecule has 66 valence electrons. The summed E-state index contributed by atoms with van der Waals surface area (Å²) in [5.74, 6) is 0.885. The van der Waals surface area contributed by atoms with Crippen LogP contribution in [-0.4, -0.2) is 11.1 Å². The van der Waals surface area contributed by atoms with Crippen LogP contribution >= 0.6 is 0 Å². The van der Waals surface area contributed by atoms with E-state index in [4.69, 9.17) is 4.74 Å². The third-order valence-corrected chi connectivity index (χ3v) is 1.56. The molecule has 1 aromatic heterocycles. The molecule has 0 bridgehead atoms. The van der Waals surface area contributed by atoms with Gasteiger partial charge in [-0.2, -0.15) is 0 Å². The minimum atomic E-state index is 0.216. The highest BCUT2D eigenvalue weighted by atomic mass is 16.5. The van der Waals surface area contributed by atoms with E-state index in [2.05, 4.69) is 4.98 Å². The lowest BCUT2D eigenvalue weighted by molar-refractivity contribution is 0.239. The molecule has 2 heteroatoms. The summed E-state index contributed by atoms with van der Waals surface area (Å²) in [6.45, 7) is 8.04. The first kappa shape index (κ1) is 9.04. The first-order valence-corrected chi connectivity index (χ1v) is 4.19. The maximum absolute atomic E-state index is 5.54. The van der Waals surface area contributed by atoms with Crippen molar-refractivity contribution in [2.45, 2.75) is 33.8 Å². The lowest BCUT2D eigenvalue weighted by atomic mass is 10.2. The molecule has 1 rings (SSSR count). The maximum Gasteiger partial charge on any atom is 0.140 e. The monoisotopic (exact) mass is 165 g/mol. The van der Waals surface area contributed by atoms with Gasteiger partial charge < -0.3 is 4.74 Å². The zero-order valence-electron chi connectivity index (χ0n) is 8.09. The summed E-state index contributed by atoms with van der Waals surface area (Å²) in [6.07, 6.45) is 2.00. The lowest BCUT2D eigenvalue weighted by Gasteiger charge is -2.11. The molecule has 0 saturated heterocycles. The van der Waals surface area contributed by atoms with Gasteiger partial charge in [0, 0.05) is 5.69 Å². The summed E-state index contributed by atoms with van der Waals surface area (Å²) in [5.41, 5.74) is 2.18. The van der Waals surface area contributed by atoms with Crippen LogP contribution in [0.5, 0.6) is 5.75 Å². The van der Waals surface area contributed by atoms with Crippen LogP contribution in [0.1, 0.15) is 25.1 Å². The van der Waals surface area contributed by atoms with Gasteiger partial charge in [-0.3, -0.25) is 4.98 Å². The Kier molecular flexibility index (Phi) is 2.69. The third-order valence-electron chi connectivity index (χ3n) is 1.56. The quantitative estimate of drug-likeness (QED) is 0.671. The Morgan fingerprint density at radius 3 is 2.50 bits per heavy atom. The summed E-state index contributed by atoms with van der Waals surface area (Å²) in [6, 6.07) is 2.03. The van der Waals surface area contributed by atoms with Gasteiger partial charge in [-0.25, -0.2) is 0 Å². The normalized spacial score (nSPS) is 10.4. The Balaban J connectivity index is 2.86. The second kappa shape index (κ2) is 3.57. The van der Waals surface area contributed by atoms with Gasteiger partial charge in [0.05, 0.1) is 12.3 Å². The minimum absolute atomic E-state index is 0.216. The van der Waals surface area contributed by atoms with Gasteiger partial charge in [0.2, 0.25) is 0 Å². The van der Waals surface area contributed by atoms with Gasteiger partial charge in [-0.15, -0.1) is 0 Å². The number of nitrogens with zero attached hydrogens (tertiary/aromatic N) is 1. The number of rotatable bonds is 2. The summed E-state index contributed by atoms with van der Waals surface area (Å²) >= 11 is 0. The Bertz CT molecular complexity index is 269. The van der Waals surface area contributed by atoms with Crippen LogP contribution in [0.3, 0.4) is 0 Å². The third kappa shape index (κ3) is 2.22. The molecule has 0 aliphatic rings. The fourth-order valence-electron chi connectivity index (χ4n) is 1.06.